The van der Waals surface area contributed by atoms with Gasteiger partial charge < -0.3 is 33.2 Å². The molecular weight excluding hydrogens is 524 g/mol. The highest BCUT2D eigenvalue weighted by molar-refractivity contribution is 5.93. The van der Waals surface area contributed by atoms with Crippen LogP contribution in [0.1, 0.15) is 59.8 Å². The van der Waals surface area contributed by atoms with Gasteiger partial charge in [0.05, 0.1) is 35.7 Å². The van der Waals surface area contributed by atoms with Crippen LogP contribution in [-0.4, -0.2) is 83.9 Å². The fourth-order valence-electron chi connectivity index (χ4n) is 7.45. The summed E-state index contributed by atoms with van der Waals surface area (Å²) in [6, 6.07) is 0. The van der Waals surface area contributed by atoms with Crippen LogP contribution in [0.4, 0.5) is 0 Å². The number of esters is 4. The van der Waals surface area contributed by atoms with Crippen LogP contribution in [-0.2, 0) is 52.3 Å². The van der Waals surface area contributed by atoms with Crippen LogP contribution in [0.15, 0.2) is 23.3 Å². The highest BCUT2D eigenvalue weighted by atomic mass is 16.7. The minimum Gasteiger partial charge on any atom is -0.462 e. The molecule has 11 heteroatoms. The largest absolute Gasteiger partial charge is 0.462 e. The molecule has 4 bridgehead atoms. The van der Waals surface area contributed by atoms with E-state index < -0.39 is 0 Å². The Hall–Kier alpha value is -2.76. The highest BCUT2D eigenvalue weighted by Crippen LogP contribution is 2.54. The molecule has 0 aromatic carbocycles. The van der Waals surface area contributed by atoms with Crippen molar-refractivity contribution < 1.29 is 52.3 Å². The Balaban J connectivity index is 0.000000129. The Morgan fingerprint density at radius 3 is 2.10 bits per heavy atom. The van der Waals surface area contributed by atoms with Gasteiger partial charge in [-0.05, 0) is 38.8 Å². The summed E-state index contributed by atoms with van der Waals surface area (Å²) in [5.41, 5.74) is 0.794. The quantitative estimate of drug-likeness (QED) is 0.244. The Bertz CT molecular complexity index is 1250. The Kier molecular flexibility index (Phi) is 5.64. The molecule has 5 saturated heterocycles. The summed E-state index contributed by atoms with van der Waals surface area (Å²) >= 11 is 0. The van der Waals surface area contributed by atoms with Gasteiger partial charge in [0.25, 0.3) is 0 Å². The topological polar surface area (TPSA) is 143 Å². The zero-order valence-corrected chi connectivity index (χ0v) is 21.7. The van der Waals surface area contributed by atoms with Crippen molar-refractivity contribution in [3.8, 4) is 0 Å². The molecule has 7 aliphatic heterocycles. The summed E-state index contributed by atoms with van der Waals surface area (Å²) in [5, 5.41) is 0. The van der Waals surface area contributed by atoms with Crippen molar-refractivity contribution in [3.63, 3.8) is 0 Å². The first-order chi connectivity index (χ1) is 18.6. The molecule has 12 atom stereocenters. The second-order valence-electron chi connectivity index (χ2n) is 12.6. The van der Waals surface area contributed by atoms with Gasteiger partial charge in [0.2, 0.25) is 0 Å². The molecule has 216 valence electrons. The summed E-state index contributed by atoms with van der Waals surface area (Å²) in [6.07, 6.45) is 5.93. The van der Waals surface area contributed by atoms with Crippen LogP contribution in [0.5, 0.6) is 0 Å². The van der Waals surface area contributed by atoms with Crippen molar-refractivity contribution in [1.29, 1.82) is 0 Å². The van der Waals surface area contributed by atoms with Gasteiger partial charge >= 0.3 is 23.9 Å². The van der Waals surface area contributed by atoms with Crippen LogP contribution in [0.2, 0.25) is 0 Å². The molecule has 7 heterocycles. The van der Waals surface area contributed by atoms with E-state index in [1.165, 1.54) is 0 Å². The van der Waals surface area contributed by atoms with Gasteiger partial charge in [-0.25, -0.2) is 9.59 Å². The third kappa shape index (κ3) is 4.11. The molecule has 2 aliphatic carbocycles. The average Bonchev–Trinajstić information content (AvgIpc) is 3.74. The lowest BCUT2D eigenvalue weighted by molar-refractivity contribution is -0.145. The average molecular weight is 559 g/mol. The molecular formula is C29H34O11. The van der Waals surface area contributed by atoms with Crippen molar-refractivity contribution in [2.24, 2.45) is 11.8 Å². The Morgan fingerprint density at radius 1 is 0.775 bits per heavy atom. The number of carbonyl (C=O) groups is 4. The van der Waals surface area contributed by atoms with Crippen LogP contribution < -0.4 is 0 Å². The van der Waals surface area contributed by atoms with Gasteiger partial charge in [-0.15, -0.1) is 0 Å². The predicted octanol–water partition coefficient (Wildman–Crippen LogP) is 1.85. The van der Waals surface area contributed by atoms with Crippen molar-refractivity contribution in [3.05, 3.63) is 23.3 Å². The number of rotatable bonds is 0. The van der Waals surface area contributed by atoms with Crippen LogP contribution in [0, 0.1) is 11.8 Å². The van der Waals surface area contributed by atoms with Gasteiger partial charge in [-0.2, -0.15) is 0 Å². The van der Waals surface area contributed by atoms with Crippen molar-refractivity contribution >= 4 is 23.9 Å². The highest BCUT2D eigenvalue weighted by Gasteiger charge is 2.68. The number of carbonyl (C=O) groups excluding carboxylic acids is 4. The minimum atomic E-state index is -0.377. The summed E-state index contributed by atoms with van der Waals surface area (Å²) in [6.45, 7) is 4.07. The summed E-state index contributed by atoms with van der Waals surface area (Å²) in [4.78, 5) is 46.9. The molecule has 9 rings (SSSR count). The van der Waals surface area contributed by atoms with Gasteiger partial charge in [-0.3, -0.25) is 9.59 Å². The normalized spacial score (nSPS) is 50.1. The summed E-state index contributed by atoms with van der Waals surface area (Å²) in [5.74, 6) is -1.17. The van der Waals surface area contributed by atoms with Crippen LogP contribution in [0.25, 0.3) is 0 Å². The van der Waals surface area contributed by atoms with Crippen molar-refractivity contribution in [2.75, 3.05) is 0 Å². The standard InChI is InChI=1S/C14H14O6.C14H16O5.CH4/c1-14-4-8-5(3-9(15)17-8)7-2-6(13(16)18-7)10-11(19-10)12(14)20-14;1-14-6-10-8(5-12(15)17-10)9-4-7(13(16)18-9)2-3-11(14)19-14;/h2,5,7-8,10-12H,3-4H2,1H3;4,8-11H,2-3,5-6H2,1H3;1H4/t5-,7+,8-,10+,11+,12+,14-;8-,9+,10-,11+,14-;/m00./s1. The second-order valence-corrected chi connectivity index (χ2v) is 12.6. The molecule has 0 radical (unpaired) electrons. The van der Waals surface area contributed by atoms with Crippen molar-refractivity contribution in [1.82, 2.24) is 0 Å². The first kappa shape index (κ1) is 26.2. The first-order valence-corrected chi connectivity index (χ1v) is 13.8. The van der Waals surface area contributed by atoms with Gasteiger partial charge in [0.15, 0.2) is 0 Å². The fourth-order valence-corrected chi connectivity index (χ4v) is 7.45. The van der Waals surface area contributed by atoms with Gasteiger partial charge in [0, 0.05) is 30.3 Å². The molecule has 0 saturated carbocycles. The lowest BCUT2D eigenvalue weighted by Gasteiger charge is -2.23. The third-order valence-corrected chi connectivity index (χ3v) is 9.86. The molecule has 5 fully saturated rings. The monoisotopic (exact) mass is 558 g/mol. The first-order valence-electron chi connectivity index (χ1n) is 13.8. The van der Waals surface area contributed by atoms with Crippen LogP contribution >= 0.6 is 0 Å². The molecule has 0 N–H and O–H groups in total. The molecule has 11 nitrogen and oxygen atoms in total. The Labute approximate surface area is 231 Å². The second kappa shape index (κ2) is 8.62. The smallest absolute Gasteiger partial charge is 0.337 e. The van der Waals surface area contributed by atoms with E-state index in [9.17, 15) is 19.2 Å². The van der Waals surface area contributed by atoms with Gasteiger partial charge in [0.1, 0.15) is 42.7 Å². The van der Waals surface area contributed by atoms with E-state index in [1.54, 1.807) is 0 Å². The summed E-state index contributed by atoms with van der Waals surface area (Å²) < 4.78 is 38.8. The number of epoxide rings is 3. The Morgan fingerprint density at radius 2 is 1.40 bits per heavy atom. The zero-order chi connectivity index (χ0) is 26.8. The maximum atomic E-state index is 12.0. The number of hydrogen-bond donors (Lipinski definition) is 0. The lowest BCUT2D eigenvalue weighted by atomic mass is 9.85. The molecule has 40 heavy (non-hydrogen) atoms. The maximum absolute atomic E-state index is 12.0. The van der Waals surface area contributed by atoms with Gasteiger partial charge in [-0.1, -0.05) is 7.43 Å². The zero-order valence-electron chi connectivity index (χ0n) is 21.7. The lowest BCUT2D eigenvalue weighted by Crippen LogP contribution is -2.32. The number of hydrogen-bond acceptors (Lipinski definition) is 11. The van der Waals surface area contributed by atoms with E-state index in [0.717, 1.165) is 12.0 Å². The molecule has 0 amide bonds. The van der Waals surface area contributed by atoms with Crippen LogP contribution in [0.3, 0.4) is 0 Å². The molecule has 0 spiro atoms. The molecule has 0 aromatic heterocycles. The number of ether oxygens (including phenoxy) is 7. The maximum Gasteiger partial charge on any atom is 0.337 e. The fraction of sp³-hybridized carbons (Fsp3) is 0.724. The number of fused-ring (bicyclic) bond motifs is 11. The SMILES string of the molecule is C.C[C@]12C[C@@H]3OC(=O)C[C@H]3[C@H]3C=C(C(=O)O3)[C@H]3O[C@H]3[C@H]1O2.C[C@]12C[C@@H]3OC(=O)C[C@H]3[C@H]3C=C(CC[C@H]1O2)C(=O)O3. The van der Waals surface area contributed by atoms with E-state index in [0.29, 0.717) is 37.7 Å². The molecule has 9 aliphatic rings. The van der Waals surface area contributed by atoms with E-state index in [-0.39, 0.29) is 103 Å². The molecule has 0 unspecified atom stereocenters. The van der Waals surface area contributed by atoms with E-state index >= 15 is 0 Å². The van der Waals surface area contributed by atoms with E-state index in [1.807, 2.05) is 19.1 Å². The summed E-state index contributed by atoms with van der Waals surface area (Å²) in [7, 11) is 0. The molecule has 0 aromatic rings. The third-order valence-electron chi connectivity index (χ3n) is 9.86. The predicted molar refractivity (Wildman–Crippen MR) is 132 cm³/mol. The van der Waals surface area contributed by atoms with E-state index in [2.05, 4.69) is 6.92 Å². The van der Waals surface area contributed by atoms with E-state index in [4.69, 9.17) is 33.2 Å². The minimum absolute atomic E-state index is 0. The van der Waals surface area contributed by atoms with Crippen molar-refractivity contribution in [2.45, 2.75) is 120 Å².